The van der Waals surface area contributed by atoms with E-state index in [0.29, 0.717) is 4.91 Å². The Morgan fingerprint density at radius 1 is 1.00 bits per heavy atom. The van der Waals surface area contributed by atoms with E-state index in [0.717, 1.165) is 33.2 Å². The van der Waals surface area contributed by atoms with Crippen molar-refractivity contribution in [2.45, 2.75) is 25.7 Å². The van der Waals surface area contributed by atoms with E-state index in [-0.39, 0.29) is 5.91 Å². The first-order valence-electron chi connectivity index (χ1n) is 8.59. The zero-order valence-corrected chi connectivity index (χ0v) is 15.9. The number of fused-ring (bicyclic) bond motifs is 1. The number of aromatic nitrogens is 1. The number of rotatable bonds is 2. The van der Waals surface area contributed by atoms with Gasteiger partial charge in [-0.25, -0.2) is 0 Å². The zero-order valence-electron chi connectivity index (χ0n) is 15.0. The Kier molecular flexibility index (Phi) is 4.21. The van der Waals surface area contributed by atoms with E-state index in [4.69, 9.17) is 0 Å². The van der Waals surface area contributed by atoms with E-state index in [1.807, 2.05) is 30.3 Å². The second-order valence-corrected chi connectivity index (χ2v) is 7.64. The van der Waals surface area contributed by atoms with Gasteiger partial charge < -0.3 is 9.88 Å². The number of hydrogen-bond donors (Lipinski definition) is 1. The maximum absolute atomic E-state index is 12.5. The minimum atomic E-state index is -0.0474. The van der Waals surface area contributed by atoms with Crippen molar-refractivity contribution in [3.05, 3.63) is 82.0 Å². The van der Waals surface area contributed by atoms with Crippen molar-refractivity contribution in [3.63, 3.8) is 0 Å². The summed E-state index contributed by atoms with van der Waals surface area (Å²) in [5.74, 6) is -0.0474. The summed E-state index contributed by atoms with van der Waals surface area (Å²) in [6, 6.07) is 18.5. The van der Waals surface area contributed by atoms with Crippen molar-refractivity contribution in [2.24, 2.45) is 0 Å². The topological polar surface area (TPSA) is 34.0 Å². The second kappa shape index (κ2) is 6.54. The number of nitrogens with zero attached hydrogens (tertiary/aromatic N) is 1. The van der Waals surface area contributed by atoms with Crippen LogP contribution in [-0.4, -0.2) is 10.5 Å². The number of aryl methyl sites for hydroxylation is 2. The van der Waals surface area contributed by atoms with Gasteiger partial charge in [0, 0.05) is 22.0 Å². The highest BCUT2D eigenvalue weighted by Gasteiger charge is 2.21. The zero-order chi connectivity index (χ0) is 18.3. The van der Waals surface area contributed by atoms with E-state index in [2.05, 4.69) is 61.0 Å². The summed E-state index contributed by atoms with van der Waals surface area (Å²) >= 11 is 1.52. The third kappa shape index (κ3) is 2.97. The molecule has 3 aromatic rings. The van der Waals surface area contributed by atoms with Gasteiger partial charge in [0.2, 0.25) is 0 Å². The minimum Gasteiger partial charge on any atom is -0.320 e. The van der Waals surface area contributed by atoms with Gasteiger partial charge in [0.05, 0.1) is 10.6 Å². The SMILES string of the molecule is Cc1ccc(-n2c(C)cc(/C=C3\Sc4ccccc4NC3=O)c2C)cc1. The predicted molar refractivity (Wildman–Crippen MR) is 109 cm³/mol. The molecule has 3 nitrogen and oxygen atoms in total. The highest BCUT2D eigenvalue weighted by molar-refractivity contribution is 8.04. The fourth-order valence-corrected chi connectivity index (χ4v) is 4.21. The lowest BCUT2D eigenvalue weighted by Crippen LogP contribution is -2.17. The van der Waals surface area contributed by atoms with E-state index in [1.165, 1.54) is 17.3 Å². The van der Waals surface area contributed by atoms with Crippen LogP contribution in [0.25, 0.3) is 11.8 Å². The van der Waals surface area contributed by atoms with Crippen LogP contribution < -0.4 is 5.32 Å². The van der Waals surface area contributed by atoms with Crippen LogP contribution in [-0.2, 0) is 4.79 Å². The van der Waals surface area contributed by atoms with Crippen molar-refractivity contribution >= 4 is 29.4 Å². The highest BCUT2D eigenvalue weighted by Crippen LogP contribution is 2.39. The second-order valence-electron chi connectivity index (χ2n) is 6.56. The average molecular weight is 360 g/mol. The third-order valence-electron chi connectivity index (χ3n) is 4.63. The molecule has 1 N–H and O–H groups in total. The number of anilines is 1. The first-order valence-corrected chi connectivity index (χ1v) is 9.40. The minimum absolute atomic E-state index is 0.0474. The smallest absolute Gasteiger partial charge is 0.262 e. The third-order valence-corrected chi connectivity index (χ3v) is 5.73. The Balaban J connectivity index is 1.73. The van der Waals surface area contributed by atoms with Crippen LogP contribution in [0.2, 0.25) is 0 Å². The number of benzene rings is 2. The molecule has 1 aliphatic rings. The normalized spacial score (nSPS) is 15.0. The van der Waals surface area contributed by atoms with E-state index >= 15 is 0 Å². The molecule has 1 aromatic heterocycles. The average Bonchev–Trinajstić information content (AvgIpc) is 2.90. The Bertz CT molecular complexity index is 1030. The van der Waals surface area contributed by atoms with E-state index in [9.17, 15) is 4.79 Å². The molecule has 0 spiro atoms. The van der Waals surface area contributed by atoms with Gasteiger partial charge >= 0.3 is 0 Å². The predicted octanol–water partition coefficient (Wildman–Crippen LogP) is 5.49. The Morgan fingerprint density at radius 2 is 1.73 bits per heavy atom. The van der Waals surface area contributed by atoms with Crippen molar-refractivity contribution in [3.8, 4) is 5.69 Å². The van der Waals surface area contributed by atoms with Crippen molar-refractivity contribution in [1.82, 2.24) is 4.57 Å². The molecule has 0 unspecified atom stereocenters. The van der Waals surface area contributed by atoms with Gasteiger partial charge in [-0.1, -0.05) is 41.6 Å². The van der Waals surface area contributed by atoms with Crippen LogP contribution in [0.1, 0.15) is 22.5 Å². The number of nitrogens with one attached hydrogen (secondary N) is 1. The first kappa shape index (κ1) is 16.7. The fourth-order valence-electron chi connectivity index (χ4n) is 3.27. The lowest BCUT2D eigenvalue weighted by molar-refractivity contribution is -0.112. The van der Waals surface area contributed by atoms with Gasteiger partial charge in [-0.05, 0) is 62.7 Å². The van der Waals surface area contributed by atoms with Crippen LogP contribution in [0.4, 0.5) is 5.69 Å². The van der Waals surface area contributed by atoms with Gasteiger partial charge in [0.15, 0.2) is 0 Å². The summed E-state index contributed by atoms with van der Waals surface area (Å²) in [5, 5.41) is 2.97. The molecule has 0 saturated heterocycles. The Labute approximate surface area is 157 Å². The van der Waals surface area contributed by atoms with Crippen LogP contribution >= 0.6 is 11.8 Å². The van der Waals surface area contributed by atoms with E-state index in [1.54, 1.807) is 0 Å². The lowest BCUT2D eigenvalue weighted by Gasteiger charge is -2.18. The number of hydrogen-bond acceptors (Lipinski definition) is 2. The summed E-state index contributed by atoms with van der Waals surface area (Å²) in [7, 11) is 0. The quantitative estimate of drug-likeness (QED) is 0.613. The first-order chi connectivity index (χ1) is 12.5. The number of thioether (sulfide) groups is 1. The summed E-state index contributed by atoms with van der Waals surface area (Å²) < 4.78 is 2.23. The fraction of sp³-hybridized carbons (Fsp3) is 0.136. The van der Waals surface area contributed by atoms with Gasteiger partial charge in [0.25, 0.3) is 5.91 Å². The van der Waals surface area contributed by atoms with Gasteiger partial charge in [-0.2, -0.15) is 0 Å². The molecule has 0 aliphatic carbocycles. The lowest BCUT2D eigenvalue weighted by atomic mass is 10.2. The monoisotopic (exact) mass is 360 g/mol. The molecule has 0 fully saturated rings. The Hall–Kier alpha value is -2.72. The molecule has 1 amide bonds. The van der Waals surface area contributed by atoms with Crippen molar-refractivity contribution in [2.75, 3.05) is 5.32 Å². The number of carbonyl (C=O) groups excluding carboxylic acids is 1. The summed E-state index contributed by atoms with van der Waals surface area (Å²) in [4.78, 5) is 14.3. The molecule has 0 atom stereocenters. The molecule has 0 bridgehead atoms. The molecule has 2 heterocycles. The van der Waals surface area contributed by atoms with Crippen molar-refractivity contribution in [1.29, 1.82) is 0 Å². The summed E-state index contributed by atoms with van der Waals surface area (Å²) in [6.45, 7) is 6.28. The van der Waals surface area contributed by atoms with Gasteiger partial charge in [0.1, 0.15) is 0 Å². The maximum Gasteiger partial charge on any atom is 0.262 e. The van der Waals surface area contributed by atoms with Gasteiger partial charge in [-0.3, -0.25) is 4.79 Å². The van der Waals surface area contributed by atoms with Crippen LogP contribution in [0, 0.1) is 20.8 Å². The molecule has 130 valence electrons. The number of para-hydroxylation sites is 1. The molecular formula is C22H20N2OS. The largest absolute Gasteiger partial charge is 0.320 e. The molecule has 4 heteroatoms. The molecule has 4 rings (SSSR count). The summed E-state index contributed by atoms with van der Waals surface area (Å²) in [6.07, 6.45) is 1.99. The maximum atomic E-state index is 12.5. The number of carbonyl (C=O) groups is 1. The van der Waals surface area contributed by atoms with E-state index < -0.39 is 0 Å². The molecular weight excluding hydrogens is 340 g/mol. The molecule has 26 heavy (non-hydrogen) atoms. The molecule has 0 saturated carbocycles. The molecule has 0 radical (unpaired) electrons. The molecule has 2 aromatic carbocycles. The standard InChI is InChI=1S/C22H20N2OS/c1-14-8-10-18(11-9-14)24-15(2)12-17(16(24)3)13-21-22(25)23-19-6-4-5-7-20(19)26-21/h4-13H,1-3H3,(H,23,25)/b21-13-. The molecule has 1 aliphatic heterocycles. The van der Waals surface area contributed by atoms with Crippen LogP contribution in [0.15, 0.2) is 64.4 Å². The summed E-state index contributed by atoms with van der Waals surface area (Å²) in [5.41, 5.74) is 6.62. The number of amides is 1. The van der Waals surface area contributed by atoms with Crippen LogP contribution in [0.5, 0.6) is 0 Å². The van der Waals surface area contributed by atoms with Crippen molar-refractivity contribution < 1.29 is 4.79 Å². The Morgan fingerprint density at radius 3 is 2.50 bits per heavy atom. The highest BCUT2D eigenvalue weighted by atomic mass is 32.2. The van der Waals surface area contributed by atoms with Crippen LogP contribution in [0.3, 0.4) is 0 Å². The van der Waals surface area contributed by atoms with Gasteiger partial charge in [-0.15, -0.1) is 0 Å².